The van der Waals surface area contributed by atoms with Gasteiger partial charge in [0.1, 0.15) is 11.9 Å². The first-order chi connectivity index (χ1) is 12.3. The molecular weight excluding hydrogens is 355 g/mol. The summed E-state index contributed by atoms with van der Waals surface area (Å²) in [6.07, 6.45) is 0.331. The van der Waals surface area contributed by atoms with Crippen LogP contribution < -0.4 is 10.6 Å². The molecule has 26 heavy (non-hydrogen) atoms. The summed E-state index contributed by atoms with van der Waals surface area (Å²) < 4.78 is 13.0. The normalized spacial score (nSPS) is 12.3. The van der Waals surface area contributed by atoms with Gasteiger partial charge < -0.3 is 10.6 Å². The van der Waals surface area contributed by atoms with E-state index in [0.29, 0.717) is 12.1 Å². The number of carbonyl (C=O) groups excluding carboxylic acids is 2. The topological polar surface area (TPSA) is 58.2 Å². The van der Waals surface area contributed by atoms with Crippen molar-refractivity contribution >= 4 is 29.1 Å². The van der Waals surface area contributed by atoms with E-state index in [1.54, 1.807) is 13.8 Å². The summed E-state index contributed by atoms with van der Waals surface area (Å²) in [5.41, 5.74) is 0.572. The monoisotopic (exact) mass is 376 g/mol. The summed E-state index contributed by atoms with van der Waals surface area (Å²) in [6, 6.07) is 14.1. The van der Waals surface area contributed by atoms with E-state index in [9.17, 15) is 14.0 Å². The van der Waals surface area contributed by atoms with Crippen LogP contribution in [0.1, 0.15) is 19.4 Å². The van der Waals surface area contributed by atoms with Crippen LogP contribution in [0.5, 0.6) is 0 Å². The number of amides is 2. The van der Waals surface area contributed by atoms with Gasteiger partial charge in [-0.25, -0.2) is 4.39 Å². The van der Waals surface area contributed by atoms with Gasteiger partial charge in [0.25, 0.3) is 0 Å². The Morgan fingerprint density at radius 2 is 1.69 bits per heavy atom. The molecule has 0 fully saturated rings. The van der Waals surface area contributed by atoms with Crippen molar-refractivity contribution in [2.45, 2.75) is 26.3 Å². The predicted octanol–water partition coefficient (Wildman–Crippen LogP) is 3.76. The Morgan fingerprint density at radius 1 is 1.08 bits per heavy atom. The molecule has 0 aliphatic carbocycles. The Balaban J connectivity index is 2.17. The minimum absolute atomic E-state index is 0.135. The van der Waals surface area contributed by atoms with Crippen LogP contribution in [0.25, 0.3) is 0 Å². The van der Waals surface area contributed by atoms with E-state index in [1.165, 1.54) is 24.3 Å². The largest absolute Gasteiger partial charge is 0.343 e. The molecule has 0 bridgehead atoms. The Labute approximate surface area is 157 Å². The number of nitrogens with one attached hydrogen (secondary N) is 2. The van der Waals surface area contributed by atoms with Crippen molar-refractivity contribution in [2.75, 3.05) is 11.2 Å². The lowest BCUT2D eigenvalue weighted by Gasteiger charge is -2.25. The van der Waals surface area contributed by atoms with Crippen LogP contribution in [-0.2, 0) is 16.0 Å². The molecule has 2 rings (SSSR count). The van der Waals surface area contributed by atoms with Gasteiger partial charge in [0.2, 0.25) is 11.8 Å². The fourth-order valence-electron chi connectivity index (χ4n) is 2.24. The number of hydrogen-bond acceptors (Lipinski definition) is 2. The van der Waals surface area contributed by atoms with Gasteiger partial charge in [-0.1, -0.05) is 30.3 Å². The third-order valence-corrected chi connectivity index (χ3v) is 4.63. The van der Waals surface area contributed by atoms with E-state index < -0.39 is 11.5 Å². The summed E-state index contributed by atoms with van der Waals surface area (Å²) in [5, 5.41) is 5.49. The van der Waals surface area contributed by atoms with Crippen molar-refractivity contribution in [3.8, 4) is 0 Å². The van der Waals surface area contributed by atoms with E-state index in [-0.39, 0.29) is 23.5 Å². The van der Waals surface area contributed by atoms with Gasteiger partial charge >= 0.3 is 0 Å². The third-order valence-electron chi connectivity index (χ3n) is 3.96. The predicted molar refractivity (Wildman–Crippen MR) is 102 cm³/mol. The van der Waals surface area contributed by atoms with Crippen molar-refractivity contribution in [3.63, 3.8) is 0 Å². The van der Waals surface area contributed by atoms with E-state index in [4.69, 9.17) is 11.6 Å². The maximum absolute atomic E-state index is 13.0. The molecule has 0 heterocycles. The number of hydrogen-bond donors (Lipinski definition) is 2. The quantitative estimate of drug-likeness (QED) is 0.723. The molecule has 1 unspecified atom stereocenters. The first-order valence-electron chi connectivity index (χ1n) is 8.29. The van der Waals surface area contributed by atoms with Crippen LogP contribution in [-0.4, -0.2) is 23.7 Å². The van der Waals surface area contributed by atoms with Gasteiger partial charge in [0, 0.05) is 18.0 Å². The Bertz CT molecular complexity index is 748. The van der Waals surface area contributed by atoms with Gasteiger partial charge in [-0.15, -0.1) is 11.6 Å². The second-order valence-corrected chi connectivity index (χ2v) is 7.00. The number of alkyl halides is 1. The van der Waals surface area contributed by atoms with Crippen molar-refractivity contribution in [1.29, 1.82) is 0 Å². The molecule has 6 heteroatoms. The molecule has 0 saturated carbocycles. The van der Waals surface area contributed by atoms with Crippen LogP contribution in [0.2, 0.25) is 0 Å². The molecule has 4 nitrogen and oxygen atoms in total. The molecule has 0 aliphatic rings. The molecule has 138 valence electrons. The fraction of sp³-hybridized carbons (Fsp3) is 0.300. The molecule has 2 aromatic rings. The van der Waals surface area contributed by atoms with Crippen molar-refractivity contribution in [1.82, 2.24) is 5.32 Å². The maximum atomic E-state index is 13.0. The van der Waals surface area contributed by atoms with Gasteiger partial charge in [0.05, 0.1) is 5.41 Å². The van der Waals surface area contributed by atoms with Crippen LogP contribution in [0.3, 0.4) is 0 Å². The highest BCUT2D eigenvalue weighted by Crippen LogP contribution is 2.18. The molecule has 0 aromatic heterocycles. The lowest BCUT2D eigenvalue weighted by atomic mass is 9.94. The standard InChI is InChI=1S/C20H22ClFN2O2/c1-20(2,13-21)19(26)24-17(12-14-6-4-3-5-7-14)18(25)23-16-10-8-15(22)9-11-16/h3-11,17H,12-13H2,1-2H3,(H,23,25)(H,24,26). The number of rotatable bonds is 7. The highest BCUT2D eigenvalue weighted by atomic mass is 35.5. The summed E-state index contributed by atoms with van der Waals surface area (Å²) in [4.78, 5) is 25.2. The van der Waals surface area contributed by atoms with E-state index in [0.717, 1.165) is 5.56 Å². The zero-order chi connectivity index (χ0) is 19.2. The fourth-order valence-corrected chi connectivity index (χ4v) is 2.36. The summed E-state index contributed by atoms with van der Waals surface area (Å²) in [5.74, 6) is -0.931. The summed E-state index contributed by atoms with van der Waals surface area (Å²) in [6.45, 7) is 3.43. The lowest BCUT2D eigenvalue weighted by molar-refractivity contribution is -0.131. The average molecular weight is 377 g/mol. The highest BCUT2D eigenvalue weighted by Gasteiger charge is 2.30. The van der Waals surface area contributed by atoms with Crippen LogP contribution in [0, 0.1) is 11.2 Å². The maximum Gasteiger partial charge on any atom is 0.247 e. The molecule has 1 atom stereocenters. The minimum Gasteiger partial charge on any atom is -0.343 e. The Hall–Kier alpha value is -2.40. The lowest BCUT2D eigenvalue weighted by Crippen LogP contribution is -2.50. The summed E-state index contributed by atoms with van der Waals surface area (Å²) in [7, 11) is 0. The third kappa shape index (κ3) is 5.56. The van der Waals surface area contributed by atoms with Gasteiger partial charge in [-0.3, -0.25) is 9.59 Å². The smallest absolute Gasteiger partial charge is 0.247 e. The van der Waals surface area contributed by atoms with E-state index in [2.05, 4.69) is 10.6 Å². The van der Waals surface area contributed by atoms with Gasteiger partial charge in [-0.2, -0.15) is 0 Å². The molecule has 2 amide bonds. The first-order valence-corrected chi connectivity index (χ1v) is 8.82. The minimum atomic E-state index is -0.799. The van der Waals surface area contributed by atoms with Gasteiger partial charge in [-0.05, 0) is 43.7 Å². The van der Waals surface area contributed by atoms with E-state index in [1.807, 2.05) is 30.3 Å². The van der Waals surface area contributed by atoms with Crippen molar-refractivity contribution < 1.29 is 14.0 Å². The molecule has 0 aliphatic heterocycles. The Morgan fingerprint density at radius 3 is 2.27 bits per heavy atom. The average Bonchev–Trinajstić information content (AvgIpc) is 2.63. The van der Waals surface area contributed by atoms with Crippen LogP contribution in [0.4, 0.5) is 10.1 Å². The van der Waals surface area contributed by atoms with Crippen LogP contribution >= 0.6 is 11.6 Å². The van der Waals surface area contributed by atoms with E-state index >= 15 is 0 Å². The van der Waals surface area contributed by atoms with Crippen molar-refractivity contribution in [2.24, 2.45) is 5.41 Å². The molecule has 0 radical (unpaired) electrons. The highest BCUT2D eigenvalue weighted by molar-refractivity contribution is 6.20. The molecule has 0 spiro atoms. The molecular formula is C20H22ClFN2O2. The Kier molecular flexibility index (Phi) is 6.75. The number of carbonyl (C=O) groups is 2. The zero-order valence-corrected chi connectivity index (χ0v) is 15.5. The molecule has 2 aromatic carbocycles. The van der Waals surface area contributed by atoms with Gasteiger partial charge in [0.15, 0.2) is 0 Å². The van der Waals surface area contributed by atoms with Crippen molar-refractivity contribution in [3.05, 3.63) is 66.0 Å². The second kappa shape index (κ2) is 8.81. The van der Waals surface area contributed by atoms with Crippen LogP contribution in [0.15, 0.2) is 54.6 Å². The first kappa shape index (κ1) is 19.9. The number of benzene rings is 2. The zero-order valence-electron chi connectivity index (χ0n) is 14.8. The number of anilines is 1. The number of halogens is 2. The summed E-state index contributed by atoms with van der Waals surface area (Å²) >= 11 is 5.86. The second-order valence-electron chi connectivity index (χ2n) is 6.73. The molecule has 0 saturated heterocycles. The SMILES string of the molecule is CC(C)(CCl)C(=O)NC(Cc1ccccc1)C(=O)Nc1ccc(F)cc1. The molecule has 2 N–H and O–H groups in total.